The summed E-state index contributed by atoms with van der Waals surface area (Å²) in [5, 5.41) is 2.79. The highest BCUT2D eigenvalue weighted by molar-refractivity contribution is 6.31. The Hall–Kier alpha value is -3.49. The molecule has 1 saturated carbocycles. The van der Waals surface area contributed by atoms with Crippen molar-refractivity contribution in [2.45, 2.75) is 45.1 Å². The van der Waals surface area contributed by atoms with Gasteiger partial charge in [0.1, 0.15) is 17.0 Å². The first kappa shape index (κ1) is 24.8. The number of pyridine rings is 1. The number of carbonyl (C=O) groups is 2. The molecule has 9 heteroatoms. The Labute approximate surface area is 223 Å². The first-order valence-electron chi connectivity index (χ1n) is 12.9. The van der Waals surface area contributed by atoms with E-state index in [1.165, 1.54) is 6.07 Å². The molecule has 1 aliphatic heterocycles. The van der Waals surface area contributed by atoms with E-state index < -0.39 is 17.2 Å². The minimum atomic E-state index is -0.689. The molecule has 0 spiro atoms. The number of furan rings is 1. The molecule has 1 aliphatic carbocycles. The van der Waals surface area contributed by atoms with Gasteiger partial charge in [0.2, 0.25) is 5.43 Å². The Kier molecular flexibility index (Phi) is 6.32. The van der Waals surface area contributed by atoms with Crippen LogP contribution in [0.25, 0.3) is 21.9 Å². The van der Waals surface area contributed by atoms with Gasteiger partial charge in [-0.05, 0) is 68.9 Å². The van der Waals surface area contributed by atoms with Gasteiger partial charge < -0.3 is 8.98 Å². The van der Waals surface area contributed by atoms with Crippen molar-refractivity contribution in [1.82, 2.24) is 15.0 Å². The topological polar surface area (TPSA) is 84.6 Å². The lowest BCUT2D eigenvalue weighted by molar-refractivity contribution is 0.0673. The van der Waals surface area contributed by atoms with Gasteiger partial charge in [0, 0.05) is 42.5 Å². The minimum Gasteiger partial charge on any atom is -0.453 e. The number of piperidine rings is 1. The Morgan fingerprint density at radius 3 is 2.61 bits per heavy atom. The number of halogens is 2. The van der Waals surface area contributed by atoms with Crippen molar-refractivity contribution < 1.29 is 18.4 Å². The quantitative estimate of drug-likeness (QED) is 0.315. The largest absolute Gasteiger partial charge is 0.453 e. The second kappa shape index (κ2) is 9.67. The van der Waals surface area contributed by atoms with Crippen molar-refractivity contribution in [3.05, 3.63) is 80.5 Å². The van der Waals surface area contributed by atoms with E-state index in [0.29, 0.717) is 36.4 Å². The fourth-order valence-electron chi connectivity index (χ4n) is 5.28. The summed E-state index contributed by atoms with van der Waals surface area (Å²) in [6.45, 7) is 3.11. The lowest BCUT2D eigenvalue weighted by Gasteiger charge is -2.31. The molecule has 0 unspecified atom stereocenters. The molecular formula is C29H27ClFN3O4. The Bertz CT molecular complexity index is 1650. The highest BCUT2D eigenvalue weighted by atomic mass is 35.5. The van der Waals surface area contributed by atoms with Gasteiger partial charge in [0.15, 0.2) is 11.5 Å². The van der Waals surface area contributed by atoms with Crippen LogP contribution in [0.2, 0.25) is 5.02 Å². The fourth-order valence-corrected chi connectivity index (χ4v) is 5.43. The molecular weight excluding hydrogens is 509 g/mol. The summed E-state index contributed by atoms with van der Waals surface area (Å²) in [5.74, 6) is -0.682. The lowest BCUT2D eigenvalue weighted by Crippen LogP contribution is -2.47. The number of nitrogens with zero attached hydrogens (tertiary/aromatic N) is 2. The van der Waals surface area contributed by atoms with Crippen molar-refractivity contribution >= 4 is 45.2 Å². The summed E-state index contributed by atoms with van der Waals surface area (Å²) < 4.78 is 21.8. The van der Waals surface area contributed by atoms with Crippen LogP contribution in [0.1, 0.15) is 64.6 Å². The second-order valence-electron chi connectivity index (χ2n) is 10.4. The van der Waals surface area contributed by atoms with Gasteiger partial charge in [0.05, 0.1) is 10.5 Å². The third-order valence-electron chi connectivity index (χ3n) is 7.55. The van der Waals surface area contributed by atoms with Crippen molar-refractivity contribution in [1.29, 1.82) is 0 Å². The zero-order chi connectivity index (χ0) is 26.6. The number of hydrazine groups is 1. The second-order valence-corrected chi connectivity index (χ2v) is 10.9. The van der Waals surface area contributed by atoms with Crippen molar-refractivity contribution in [3.8, 4) is 0 Å². The summed E-state index contributed by atoms with van der Waals surface area (Å²) in [7, 11) is 0. The third-order valence-corrected chi connectivity index (χ3v) is 7.84. The first-order valence-corrected chi connectivity index (χ1v) is 13.3. The van der Waals surface area contributed by atoms with Crippen LogP contribution in [-0.4, -0.2) is 34.4 Å². The molecule has 2 aliphatic rings. The molecule has 196 valence electrons. The number of hydrogen-bond acceptors (Lipinski definition) is 5. The predicted octanol–water partition coefficient (Wildman–Crippen LogP) is 5.81. The highest BCUT2D eigenvalue weighted by Gasteiger charge is 2.29. The zero-order valence-electron chi connectivity index (χ0n) is 20.9. The van der Waals surface area contributed by atoms with E-state index in [1.54, 1.807) is 17.3 Å². The van der Waals surface area contributed by atoms with Crippen molar-refractivity contribution in [2.24, 2.45) is 5.92 Å². The van der Waals surface area contributed by atoms with Crippen LogP contribution < -0.4 is 10.9 Å². The van der Waals surface area contributed by atoms with Crippen LogP contribution in [0.5, 0.6) is 0 Å². The van der Waals surface area contributed by atoms with E-state index in [2.05, 4.69) is 5.43 Å². The molecule has 0 radical (unpaired) electrons. The normalized spacial score (nSPS) is 16.8. The van der Waals surface area contributed by atoms with Crippen LogP contribution >= 0.6 is 11.6 Å². The van der Waals surface area contributed by atoms with Crippen LogP contribution in [0.4, 0.5) is 4.39 Å². The smallest absolute Gasteiger partial charge is 0.271 e. The Balaban J connectivity index is 1.12. The lowest BCUT2D eigenvalue weighted by atomic mass is 9.91. The monoisotopic (exact) mass is 535 g/mol. The number of aromatic nitrogens is 1. The zero-order valence-corrected chi connectivity index (χ0v) is 21.7. The van der Waals surface area contributed by atoms with Gasteiger partial charge in [-0.25, -0.2) is 9.40 Å². The molecule has 2 aromatic carbocycles. The summed E-state index contributed by atoms with van der Waals surface area (Å²) in [5.41, 5.74) is 4.64. The number of ketones is 1. The number of carbonyl (C=O) groups excluding carboxylic acids is 2. The minimum absolute atomic E-state index is 0.0227. The maximum absolute atomic E-state index is 14.2. The van der Waals surface area contributed by atoms with Crippen LogP contribution in [0.15, 0.2) is 51.8 Å². The van der Waals surface area contributed by atoms with Gasteiger partial charge >= 0.3 is 0 Å². The third kappa shape index (κ3) is 4.74. The molecule has 0 bridgehead atoms. The van der Waals surface area contributed by atoms with E-state index in [1.807, 2.05) is 29.7 Å². The SMILES string of the molecule is Cc1ccc2oc(C(=O)CC3CCN(NC(=O)c4cn(C5CC5)c5cc(Cl)c(F)cc5c4=O)CC3)cc2c1. The van der Waals surface area contributed by atoms with Crippen molar-refractivity contribution in [2.75, 3.05) is 13.1 Å². The van der Waals surface area contributed by atoms with Crippen LogP contribution in [-0.2, 0) is 0 Å². The van der Waals surface area contributed by atoms with E-state index in [0.717, 1.165) is 42.7 Å². The molecule has 1 N–H and O–H groups in total. The van der Waals surface area contributed by atoms with Crippen LogP contribution in [0, 0.1) is 18.7 Å². The molecule has 6 rings (SSSR count). The average Bonchev–Trinajstić information content (AvgIpc) is 3.64. The average molecular weight is 536 g/mol. The molecule has 0 atom stereocenters. The molecule has 2 aromatic heterocycles. The summed E-state index contributed by atoms with van der Waals surface area (Å²) in [6.07, 6.45) is 5.23. The summed E-state index contributed by atoms with van der Waals surface area (Å²) in [4.78, 5) is 39.1. The van der Waals surface area contributed by atoms with E-state index in [-0.39, 0.29) is 33.7 Å². The van der Waals surface area contributed by atoms with E-state index in [4.69, 9.17) is 16.0 Å². The van der Waals surface area contributed by atoms with Gasteiger partial charge in [-0.15, -0.1) is 0 Å². The number of Topliss-reactive ketones (excluding diaryl/α,β-unsaturated/α-hetero) is 1. The molecule has 3 heterocycles. The maximum Gasteiger partial charge on any atom is 0.271 e. The predicted molar refractivity (Wildman–Crippen MR) is 143 cm³/mol. The standard InChI is InChI=1S/C29H27ClFN3O4/c1-16-2-5-26-18(10-16)12-27(38-26)25(35)11-17-6-8-33(9-7-17)32-29(37)21-15-34(19-3-4-19)24-14-22(30)23(31)13-20(24)28(21)36/h2,5,10,12-15,17,19H,3-4,6-9,11H2,1H3,(H,32,37). The number of fused-ring (bicyclic) bond motifs is 2. The molecule has 1 amide bonds. The Morgan fingerprint density at radius 2 is 1.87 bits per heavy atom. The first-order chi connectivity index (χ1) is 18.3. The highest BCUT2D eigenvalue weighted by Crippen LogP contribution is 2.37. The van der Waals surface area contributed by atoms with E-state index >= 15 is 0 Å². The molecule has 7 nitrogen and oxygen atoms in total. The molecule has 1 saturated heterocycles. The molecule has 38 heavy (non-hydrogen) atoms. The number of hydrogen-bond donors (Lipinski definition) is 1. The van der Waals surface area contributed by atoms with Crippen LogP contribution in [0.3, 0.4) is 0 Å². The van der Waals surface area contributed by atoms with Gasteiger partial charge in [0.25, 0.3) is 5.91 Å². The van der Waals surface area contributed by atoms with Crippen molar-refractivity contribution in [3.63, 3.8) is 0 Å². The van der Waals surface area contributed by atoms with Gasteiger partial charge in [-0.3, -0.25) is 19.8 Å². The van der Waals surface area contributed by atoms with E-state index in [9.17, 15) is 18.8 Å². The van der Waals surface area contributed by atoms with Gasteiger partial charge in [-0.1, -0.05) is 23.2 Å². The summed E-state index contributed by atoms with van der Waals surface area (Å²) >= 11 is 5.97. The summed E-state index contributed by atoms with van der Waals surface area (Å²) in [6, 6.07) is 10.4. The number of benzene rings is 2. The Morgan fingerprint density at radius 1 is 1.11 bits per heavy atom. The molecule has 4 aromatic rings. The van der Waals surface area contributed by atoms with Gasteiger partial charge in [-0.2, -0.15) is 0 Å². The number of rotatable bonds is 6. The number of amides is 1. The number of nitrogens with one attached hydrogen (secondary N) is 1. The molecule has 2 fully saturated rings. The fraction of sp³-hybridized carbons (Fsp3) is 0.345. The number of aryl methyl sites for hydroxylation is 1. The maximum atomic E-state index is 14.2.